The van der Waals surface area contributed by atoms with Gasteiger partial charge >= 0.3 is 10.4 Å². The normalized spacial score (nSPS) is 26.2. The standard InChI is InChI=1S/C26H47NO12S/c1-3-5-7-8-9-10-11-13-15-20(30)25(33)27-18(19(29)14-12-6-4-2)17-37-26-23(32)24(39-40(34,35)36)22(31)21(16-28)38-26/h10-12,14,18-24,26,28-32H,3-9,13,15-17H2,1-2H3,(H,27,33)(H,34,35,36)/b11-10-,14-12+. The van der Waals surface area contributed by atoms with Crippen molar-refractivity contribution in [3.63, 3.8) is 0 Å². The van der Waals surface area contributed by atoms with E-state index < -0.39 is 78.5 Å². The van der Waals surface area contributed by atoms with Gasteiger partial charge in [0.15, 0.2) is 6.29 Å². The molecule has 8 unspecified atom stereocenters. The first-order valence-corrected chi connectivity index (χ1v) is 15.2. The van der Waals surface area contributed by atoms with Crippen LogP contribution in [0.5, 0.6) is 0 Å². The molecule has 1 amide bonds. The average molecular weight is 598 g/mol. The lowest BCUT2D eigenvalue weighted by Gasteiger charge is -2.41. The van der Waals surface area contributed by atoms with Gasteiger partial charge in [-0.1, -0.05) is 63.8 Å². The summed E-state index contributed by atoms with van der Waals surface area (Å²) in [6, 6.07) is -1.12. The van der Waals surface area contributed by atoms with Crippen molar-refractivity contribution in [2.75, 3.05) is 13.2 Å². The Kier molecular flexibility index (Phi) is 17.9. The van der Waals surface area contributed by atoms with E-state index in [2.05, 4.69) is 16.4 Å². The predicted octanol–water partition coefficient (Wildman–Crippen LogP) is 0.500. The molecule has 1 saturated heterocycles. The minimum Gasteiger partial charge on any atom is -0.394 e. The largest absolute Gasteiger partial charge is 0.397 e. The summed E-state index contributed by atoms with van der Waals surface area (Å²) < 4.78 is 46.5. The van der Waals surface area contributed by atoms with E-state index in [1.54, 1.807) is 6.08 Å². The van der Waals surface area contributed by atoms with E-state index in [4.69, 9.17) is 14.0 Å². The molecule has 40 heavy (non-hydrogen) atoms. The first-order valence-electron chi connectivity index (χ1n) is 13.8. The summed E-state index contributed by atoms with van der Waals surface area (Å²) >= 11 is 0. The molecule has 8 atom stereocenters. The lowest BCUT2D eigenvalue weighted by Crippen LogP contribution is -2.61. The first kappa shape index (κ1) is 36.6. The molecule has 0 aromatic carbocycles. The second kappa shape index (κ2) is 19.6. The van der Waals surface area contributed by atoms with Crippen molar-refractivity contribution in [2.24, 2.45) is 0 Å². The van der Waals surface area contributed by atoms with Crippen LogP contribution in [0, 0.1) is 0 Å². The highest BCUT2D eigenvalue weighted by molar-refractivity contribution is 7.80. The van der Waals surface area contributed by atoms with Crippen LogP contribution >= 0.6 is 0 Å². The third kappa shape index (κ3) is 13.9. The molecule has 0 aliphatic carbocycles. The van der Waals surface area contributed by atoms with Gasteiger partial charge in [0.2, 0.25) is 5.91 Å². The maximum Gasteiger partial charge on any atom is 0.397 e. The molecule has 0 aromatic rings. The lowest BCUT2D eigenvalue weighted by molar-refractivity contribution is -0.298. The maximum absolute atomic E-state index is 12.7. The molecule has 1 aliphatic heterocycles. The Bertz CT molecular complexity index is 868. The zero-order valence-electron chi connectivity index (χ0n) is 23.2. The molecule has 234 valence electrons. The van der Waals surface area contributed by atoms with E-state index >= 15 is 0 Å². The molecule has 7 N–H and O–H groups in total. The van der Waals surface area contributed by atoms with Gasteiger partial charge in [0.25, 0.3) is 0 Å². The number of unbranched alkanes of at least 4 members (excludes halogenated alkanes) is 5. The van der Waals surface area contributed by atoms with E-state index in [9.17, 15) is 38.7 Å². The number of aliphatic hydroxyl groups excluding tert-OH is 5. The van der Waals surface area contributed by atoms with Crippen LogP contribution in [0.2, 0.25) is 0 Å². The number of hydrogen-bond donors (Lipinski definition) is 7. The lowest BCUT2D eigenvalue weighted by atomic mass is 9.99. The minimum absolute atomic E-state index is 0.155. The summed E-state index contributed by atoms with van der Waals surface area (Å²) in [7, 11) is -5.10. The number of carbonyl (C=O) groups excluding carboxylic acids is 1. The molecule has 1 heterocycles. The molecule has 1 rings (SSSR count). The van der Waals surface area contributed by atoms with Crippen molar-refractivity contribution in [3.8, 4) is 0 Å². The van der Waals surface area contributed by atoms with Crippen LogP contribution in [0.3, 0.4) is 0 Å². The highest BCUT2D eigenvalue weighted by Gasteiger charge is 2.48. The Balaban J connectivity index is 2.83. The number of allylic oxidation sites excluding steroid dienone is 3. The SMILES string of the molecule is CCC/C=C/C(O)C(COC1OC(CO)C(O)C(OS(=O)(=O)O)C1O)NC(=O)C(O)CC/C=C\CCCCCC. The van der Waals surface area contributed by atoms with Crippen LogP contribution < -0.4 is 5.32 Å². The molecule has 14 heteroatoms. The Morgan fingerprint density at radius 1 is 1.00 bits per heavy atom. The Hall–Kier alpha value is -1.46. The number of amides is 1. The molecule has 0 saturated carbocycles. The van der Waals surface area contributed by atoms with Gasteiger partial charge in [-0.2, -0.15) is 8.42 Å². The van der Waals surface area contributed by atoms with E-state index in [0.717, 1.165) is 32.1 Å². The van der Waals surface area contributed by atoms with Crippen molar-refractivity contribution >= 4 is 16.3 Å². The zero-order chi connectivity index (χ0) is 30.1. The minimum atomic E-state index is -5.10. The van der Waals surface area contributed by atoms with Crippen LogP contribution in [0.1, 0.15) is 71.6 Å². The quantitative estimate of drug-likeness (QED) is 0.0581. The fourth-order valence-corrected chi connectivity index (χ4v) is 4.50. The fraction of sp³-hybridized carbons (Fsp3) is 0.808. The summed E-state index contributed by atoms with van der Waals surface area (Å²) in [5.74, 6) is -0.755. The van der Waals surface area contributed by atoms with Gasteiger partial charge in [0.05, 0.1) is 25.4 Å². The third-order valence-corrected chi connectivity index (χ3v) is 6.79. The molecule has 0 spiro atoms. The van der Waals surface area contributed by atoms with Crippen molar-refractivity contribution in [3.05, 3.63) is 24.3 Å². The predicted molar refractivity (Wildman–Crippen MR) is 145 cm³/mol. The fourth-order valence-electron chi connectivity index (χ4n) is 3.99. The van der Waals surface area contributed by atoms with E-state index in [1.807, 2.05) is 19.1 Å². The summed E-state index contributed by atoms with van der Waals surface area (Å²) in [5.41, 5.74) is 0. The van der Waals surface area contributed by atoms with Crippen LogP contribution in [0.4, 0.5) is 0 Å². The Morgan fingerprint density at radius 2 is 1.70 bits per heavy atom. The molecule has 0 bridgehead atoms. The number of rotatable bonds is 20. The summed E-state index contributed by atoms with van der Waals surface area (Å²) in [5, 5.41) is 53.6. The van der Waals surface area contributed by atoms with E-state index in [1.165, 1.54) is 12.5 Å². The molecule has 0 aromatic heterocycles. The van der Waals surface area contributed by atoms with Gasteiger partial charge in [-0.15, -0.1) is 0 Å². The second-order valence-corrected chi connectivity index (χ2v) is 10.8. The van der Waals surface area contributed by atoms with Crippen LogP contribution in [-0.2, 0) is 28.9 Å². The van der Waals surface area contributed by atoms with Crippen molar-refractivity contribution < 1.29 is 57.0 Å². The monoisotopic (exact) mass is 597 g/mol. The highest BCUT2D eigenvalue weighted by atomic mass is 32.3. The van der Waals surface area contributed by atoms with Crippen LogP contribution in [0.15, 0.2) is 24.3 Å². The summed E-state index contributed by atoms with van der Waals surface area (Å²) in [6.45, 7) is 2.79. The van der Waals surface area contributed by atoms with Crippen molar-refractivity contribution in [1.29, 1.82) is 0 Å². The maximum atomic E-state index is 12.7. The number of hydrogen-bond acceptors (Lipinski definition) is 11. The van der Waals surface area contributed by atoms with Crippen molar-refractivity contribution in [2.45, 2.75) is 121 Å². The van der Waals surface area contributed by atoms with Gasteiger partial charge in [-0.3, -0.25) is 9.35 Å². The smallest absolute Gasteiger partial charge is 0.394 e. The van der Waals surface area contributed by atoms with Gasteiger partial charge < -0.3 is 40.3 Å². The molecule has 1 aliphatic rings. The number of carbonyl (C=O) groups is 1. The molecular weight excluding hydrogens is 550 g/mol. The molecule has 13 nitrogen and oxygen atoms in total. The summed E-state index contributed by atoms with van der Waals surface area (Å²) in [6.07, 6.45) is 3.21. The van der Waals surface area contributed by atoms with Crippen LogP contribution in [0.25, 0.3) is 0 Å². The first-order chi connectivity index (χ1) is 18.9. The molecular formula is C26H47NO12S. The Morgan fingerprint density at radius 3 is 2.33 bits per heavy atom. The third-order valence-electron chi connectivity index (χ3n) is 6.32. The highest BCUT2D eigenvalue weighted by Crippen LogP contribution is 2.25. The number of nitrogens with one attached hydrogen (secondary N) is 1. The Labute approximate surface area is 236 Å². The van der Waals surface area contributed by atoms with Gasteiger partial charge in [-0.25, -0.2) is 4.18 Å². The summed E-state index contributed by atoms with van der Waals surface area (Å²) in [4.78, 5) is 12.7. The second-order valence-electron chi connectivity index (χ2n) is 9.76. The van der Waals surface area contributed by atoms with E-state index in [-0.39, 0.29) is 6.42 Å². The van der Waals surface area contributed by atoms with Gasteiger partial charge in [0, 0.05) is 0 Å². The molecule has 0 radical (unpaired) electrons. The van der Waals surface area contributed by atoms with E-state index in [0.29, 0.717) is 12.8 Å². The van der Waals surface area contributed by atoms with Crippen molar-refractivity contribution in [1.82, 2.24) is 5.32 Å². The average Bonchev–Trinajstić information content (AvgIpc) is 2.90. The molecule has 1 fully saturated rings. The van der Waals surface area contributed by atoms with Gasteiger partial charge in [0.1, 0.15) is 30.5 Å². The van der Waals surface area contributed by atoms with Crippen LogP contribution in [-0.4, -0.2) is 107 Å². The number of aliphatic hydroxyl groups is 5. The zero-order valence-corrected chi connectivity index (χ0v) is 24.1. The number of ether oxygens (including phenoxy) is 2. The van der Waals surface area contributed by atoms with Gasteiger partial charge in [-0.05, 0) is 32.1 Å². The topological polar surface area (TPSA) is 212 Å².